The molecule has 1 heterocycles. The number of hydrogen-bond acceptors (Lipinski definition) is 3. The molecule has 0 aromatic heterocycles. The number of nitrogens with one attached hydrogen (secondary N) is 1. The molecule has 0 radical (unpaired) electrons. The first-order valence-electron chi connectivity index (χ1n) is 6.16. The second-order valence-electron chi connectivity index (χ2n) is 5.03. The molecule has 4 heteroatoms. The van der Waals surface area contributed by atoms with Gasteiger partial charge in [0.1, 0.15) is 0 Å². The van der Waals surface area contributed by atoms with E-state index < -0.39 is 5.60 Å². The van der Waals surface area contributed by atoms with E-state index in [1.165, 1.54) is 0 Å². The van der Waals surface area contributed by atoms with E-state index >= 15 is 0 Å². The van der Waals surface area contributed by atoms with Gasteiger partial charge in [-0.25, -0.2) is 0 Å². The van der Waals surface area contributed by atoms with Gasteiger partial charge < -0.3 is 10.4 Å². The third kappa shape index (κ3) is 3.06. The van der Waals surface area contributed by atoms with Crippen molar-refractivity contribution < 1.29 is 9.90 Å². The van der Waals surface area contributed by atoms with Gasteiger partial charge in [-0.2, -0.15) is 11.8 Å². The summed E-state index contributed by atoms with van der Waals surface area (Å²) in [5, 5.41) is 13.0. The molecule has 0 aliphatic carbocycles. The first kappa shape index (κ1) is 13.4. The van der Waals surface area contributed by atoms with Crippen molar-refractivity contribution in [2.24, 2.45) is 0 Å². The van der Waals surface area contributed by atoms with Gasteiger partial charge in [-0.15, -0.1) is 0 Å². The monoisotopic (exact) mass is 265 g/mol. The van der Waals surface area contributed by atoms with Crippen LogP contribution in [0.15, 0.2) is 18.2 Å². The maximum atomic E-state index is 12.0. The Bertz CT molecular complexity index is 453. The third-order valence-electron chi connectivity index (χ3n) is 3.29. The van der Waals surface area contributed by atoms with Crippen LogP contribution in [0.1, 0.15) is 27.9 Å². The fourth-order valence-electron chi connectivity index (χ4n) is 2.14. The first-order valence-corrected chi connectivity index (χ1v) is 7.31. The van der Waals surface area contributed by atoms with Gasteiger partial charge in [-0.3, -0.25) is 4.79 Å². The Labute approximate surface area is 112 Å². The van der Waals surface area contributed by atoms with Gasteiger partial charge in [-0.05, 0) is 37.7 Å². The van der Waals surface area contributed by atoms with Gasteiger partial charge in [-0.1, -0.05) is 17.7 Å². The molecule has 2 rings (SSSR count). The molecule has 0 spiro atoms. The Kier molecular flexibility index (Phi) is 3.97. The molecular weight excluding hydrogens is 246 g/mol. The van der Waals surface area contributed by atoms with Gasteiger partial charge in [0.05, 0.1) is 5.60 Å². The molecule has 1 amide bonds. The van der Waals surface area contributed by atoms with E-state index in [1.807, 2.05) is 32.0 Å². The molecule has 0 saturated carbocycles. The van der Waals surface area contributed by atoms with Crippen molar-refractivity contribution in [3.05, 3.63) is 34.9 Å². The van der Waals surface area contributed by atoms with E-state index in [9.17, 15) is 9.90 Å². The fraction of sp³-hybridized carbons (Fsp3) is 0.500. The SMILES string of the molecule is Cc1ccc(C(=O)NCC2(O)CCSC2)c(C)c1. The molecular formula is C14H19NO2S. The molecule has 18 heavy (non-hydrogen) atoms. The van der Waals surface area contributed by atoms with E-state index in [0.29, 0.717) is 17.9 Å². The van der Waals surface area contributed by atoms with Gasteiger partial charge in [0.25, 0.3) is 5.91 Å². The molecule has 1 atom stereocenters. The van der Waals surface area contributed by atoms with Crippen LogP contribution in [-0.2, 0) is 0 Å². The molecule has 1 saturated heterocycles. The zero-order chi connectivity index (χ0) is 13.2. The minimum atomic E-state index is -0.723. The highest BCUT2D eigenvalue weighted by Crippen LogP contribution is 2.27. The average Bonchev–Trinajstić information content (AvgIpc) is 2.74. The van der Waals surface area contributed by atoms with Crippen molar-refractivity contribution in [1.82, 2.24) is 5.32 Å². The third-order valence-corrected chi connectivity index (χ3v) is 4.52. The van der Waals surface area contributed by atoms with Gasteiger partial charge in [0, 0.05) is 17.9 Å². The highest BCUT2D eigenvalue weighted by Gasteiger charge is 2.32. The van der Waals surface area contributed by atoms with Crippen molar-refractivity contribution in [2.75, 3.05) is 18.1 Å². The van der Waals surface area contributed by atoms with Crippen molar-refractivity contribution in [1.29, 1.82) is 0 Å². The largest absolute Gasteiger partial charge is 0.387 e. The van der Waals surface area contributed by atoms with Crippen LogP contribution < -0.4 is 5.32 Å². The molecule has 98 valence electrons. The lowest BCUT2D eigenvalue weighted by Gasteiger charge is -2.21. The van der Waals surface area contributed by atoms with E-state index in [1.54, 1.807) is 11.8 Å². The summed E-state index contributed by atoms with van der Waals surface area (Å²) >= 11 is 1.73. The zero-order valence-electron chi connectivity index (χ0n) is 10.8. The maximum absolute atomic E-state index is 12.0. The lowest BCUT2D eigenvalue weighted by Crippen LogP contribution is -2.43. The number of aryl methyl sites for hydroxylation is 2. The second kappa shape index (κ2) is 5.33. The predicted octanol–water partition coefficient (Wildman–Crippen LogP) is 1.90. The number of aliphatic hydroxyl groups is 1. The number of amides is 1. The smallest absolute Gasteiger partial charge is 0.251 e. The summed E-state index contributed by atoms with van der Waals surface area (Å²) in [7, 11) is 0. The Hall–Kier alpha value is -1.00. The maximum Gasteiger partial charge on any atom is 0.251 e. The minimum absolute atomic E-state index is 0.0992. The second-order valence-corrected chi connectivity index (χ2v) is 6.13. The van der Waals surface area contributed by atoms with E-state index in [0.717, 1.165) is 23.3 Å². The molecule has 0 bridgehead atoms. The summed E-state index contributed by atoms with van der Waals surface area (Å²) in [6, 6.07) is 5.77. The normalized spacial score (nSPS) is 23.1. The zero-order valence-corrected chi connectivity index (χ0v) is 11.6. The lowest BCUT2D eigenvalue weighted by atomic mass is 10.0. The number of carbonyl (C=O) groups excluding carboxylic acids is 1. The number of benzene rings is 1. The van der Waals surface area contributed by atoms with Crippen LogP contribution in [0.25, 0.3) is 0 Å². The highest BCUT2D eigenvalue weighted by atomic mass is 32.2. The Balaban J connectivity index is 1.99. The summed E-state index contributed by atoms with van der Waals surface area (Å²) in [5.74, 6) is 1.58. The van der Waals surface area contributed by atoms with E-state index in [-0.39, 0.29) is 5.91 Å². The molecule has 1 fully saturated rings. The Morgan fingerprint density at radius 2 is 2.28 bits per heavy atom. The summed E-state index contributed by atoms with van der Waals surface area (Å²) in [6.07, 6.45) is 0.755. The molecule has 2 N–H and O–H groups in total. The van der Waals surface area contributed by atoms with Crippen molar-refractivity contribution in [3.63, 3.8) is 0 Å². The van der Waals surface area contributed by atoms with E-state index in [4.69, 9.17) is 0 Å². The van der Waals surface area contributed by atoms with Crippen LogP contribution in [0, 0.1) is 13.8 Å². The van der Waals surface area contributed by atoms with Crippen LogP contribution in [0.4, 0.5) is 0 Å². The molecule has 3 nitrogen and oxygen atoms in total. The van der Waals surface area contributed by atoms with Crippen molar-refractivity contribution in [2.45, 2.75) is 25.9 Å². The van der Waals surface area contributed by atoms with Crippen LogP contribution in [0.5, 0.6) is 0 Å². The molecule has 1 unspecified atom stereocenters. The fourth-order valence-corrected chi connectivity index (χ4v) is 3.44. The van der Waals surface area contributed by atoms with Crippen molar-refractivity contribution in [3.8, 4) is 0 Å². The highest BCUT2D eigenvalue weighted by molar-refractivity contribution is 7.99. The van der Waals surface area contributed by atoms with Crippen molar-refractivity contribution >= 4 is 17.7 Å². The van der Waals surface area contributed by atoms with Crippen LogP contribution in [0.3, 0.4) is 0 Å². The van der Waals surface area contributed by atoms with Gasteiger partial charge >= 0.3 is 0 Å². The van der Waals surface area contributed by atoms with Crippen LogP contribution in [-0.4, -0.2) is 34.7 Å². The van der Waals surface area contributed by atoms with Crippen LogP contribution in [0.2, 0.25) is 0 Å². The summed E-state index contributed by atoms with van der Waals surface area (Å²) in [4.78, 5) is 12.0. The molecule has 1 aromatic rings. The Morgan fingerprint density at radius 3 is 2.89 bits per heavy atom. The molecule has 1 aliphatic rings. The molecule has 1 aromatic carbocycles. The first-order chi connectivity index (χ1) is 8.50. The van der Waals surface area contributed by atoms with Crippen LogP contribution >= 0.6 is 11.8 Å². The number of thioether (sulfide) groups is 1. The van der Waals surface area contributed by atoms with Gasteiger partial charge in [0.2, 0.25) is 0 Å². The van der Waals surface area contributed by atoms with E-state index in [2.05, 4.69) is 5.32 Å². The Morgan fingerprint density at radius 1 is 1.50 bits per heavy atom. The summed E-state index contributed by atoms with van der Waals surface area (Å²) < 4.78 is 0. The molecule has 1 aliphatic heterocycles. The number of rotatable bonds is 3. The number of carbonyl (C=O) groups is 1. The predicted molar refractivity (Wildman–Crippen MR) is 75.1 cm³/mol. The number of hydrogen-bond donors (Lipinski definition) is 2. The lowest BCUT2D eigenvalue weighted by molar-refractivity contribution is 0.0612. The topological polar surface area (TPSA) is 49.3 Å². The minimum Gasteiger partial charge on any atom is -0.387 e. The standard InChI is InChI=1S/C14H19NO2S/c1-10-3-4-12(11(2)7-10)13(16)15-8-14(17)5-6-18-9-14/h3-4,7,17H,5-6,8-9H2,1-2H3,(H,15,16). The van der Waals surface area contributed by atoms with Gasteiger partial charge in [0.15, 0.2) is 0 Å². The quantitative estimate of drug-likeness (QED) is 0.877. The average molecular weight is 265 g/mol. The summed E-state index contributed by atoms with van der Waals surface area (Å²) in [5.41, 5.74) is 2.09. The summed E-state index contributed by atoms with van der Waals surface area (Å²) in [6.45, 7) is 4.28.